The lowest BCUT2D eigenvalue weighted by atomic mass is 10.5. The zero-order chi connectivity index (χ0) is 9.14. The van der Waals surface area contributed by atoms with Gasteiger partial charge in [0.1, 0.15) is 0 Å². The van der Waals surface area contributed by atoms with Gasteiger partial charge in [0, 0.05) is 0 Å². The number of aromatic nitrogens is 3. The zero-order valence-electron chi connectivity index (χ0n) is 6.58. The van der Waals surface area contributed by atoms with E-state index in [0.717, 1.165) is 0 Å². The Kier molecular flexibility index (Phi) is 3.05. The van der Waals surface area contributed by atoms with Gasteiger partial charge in [-0.05, 0) is 25.4 Å². The Hall–Kier alpha value is -0.610. The summed E-state index contributed by atoms with van der Waals surface area (Å²) in [5, 5.41) is 7.11. The molecule has 0 aliphatic heterocycles. The number of rotatable bonds is 2. The Labute approximate surface area is 79.9 Å². The van der Waals surface area contributed by atoms with Crippen LogP contribution in [0.2, 0.25) is 10.4 Å². The highest BCUT2D eigenvalue weighted by atomic mass is 35.5. The molecule has 0 saturated carbocycles. The average Bonchev–Trinajstić information content (AvgIpc) is 1.96. The monoisotopic (exact) mass is 207 g/mol. The van der Waals surface area contributed by atoms with E-state index >= 15 is 0 Å². The summed E-state index contributed by atoms with van der Waals surface area (Å²) in [6, 6.07) is 0. The largest absolute Gasteiger partial charge is 0.473 e. The van der Waals surface area contributed by atoms with Crippen molar-refractivity contribution < 1.29 is 4.74 Å². The molecule has 0 fully saturated rings. The van der Waals surface area contributed by atoms with Crippen LogP contribution in [0.3, 0.4) is 0 Å². The standard InChI is InChI=1S/C6H7Cl2N3O/c1-3(2)12-5-4(7)10-11-6(8)9-5/h3H,1-2H3. The molecule has 1 rings (SSSR count). The molecule has 0 aliphatic rings. The van der Waals surface area contributed by atoms with Gasteiger partial charge in [-0.25, -0.2) is 0 Å². The normalized spacial score (nSPS) is 10.4. The molecular formula is C6H7Cl2N3O. The summed E-state index contributed by atoms with van der Waals surface area (Å²) in [4.78, 5) is 3.75. The minimum Gasteiger partial charge on any atom is -0.473 e. The molecule has 1 aromatic rings. The lowest BCUT2D eigenvalue weighted by Gasteiger charge is -2.08. The third kappa shape index (κ3) is 2.46. The third-order valence-electron chi connectivity index (χ3n) is 0.938. The van der Waals surface area contributed by atoms with E-state index in [1.165, 1.54) is 0 Å². The molecule has 0 atom stereocenters. The molecule has 0 saturated heterocycles. The van der Waals surface area contributed by atoms with Crippen molar-refractivity contribution in [2.45, 2.75) is 20.0 Å². The number of hydrogen-bond acceptors (Lipinski definition) is 4. The maximum Gasteiger partial charge on any atom is 0.257 e. The maximum absolute atomic E-state index is 5.62. The fourth-order valence-corrected chi connectivity index (χ4v) is 0.818. The highest BCUT2D eigenvalue weighted by Crippen LogP contribution is 2.19. The van der Waals surface area contributed by atoms with Gasteiger partial charge in [0.05, 0.1) is 6.10 Å². The van der Waals surface area contributed by atoms with Crippen LogP contribution in [0.1, 0.15) is 13.8 Å². The van der Waals surface area contributed by atoms with Gasteiger partial charge in [-0.1, -0.05) is 11.6 Å². The second kappa shape index (κ2) is 3.87. The van der Waals surface area contributed by atoms with Crippen molar-refractivity contribution in [3.8, 4) is 5.88 Å². The summed E-state index contributed by atoms with van der Waals surface area (Å²) in [5.74, 6) is 0.215. The van der Waals surface area contributed by atoms with Gasteiger partial charge >= 0.3 is 0 Å². The van der Waals surface area contributed by atoms with Crippen LogP contribution >= 0.6 is 23.2 Å². The molecule has 0 amide bonds. The molecule has 12 heavy (non-hydrogen) atoms. The minimum absolute atomic E-state index is 0.0183. The first kappa shape index (κ1) is 9.48. The fourth-order valence-electron chi connectivity index (χ4n) is 0.578. The van der Waals surface area contributed by atoms with E-state index in [4.69, 9.17) is 27.9 Å². The van der Waals surface area contributed by atoms with Gasteiger partial charge in [-0.2, -0.15) is 4.98 Å². The van der Waals surface area contributed by atoms with Crippen molar-refractivity contribution in [3.05, 3.63) is 10.4 Å². The van der Waals surface area contributed by atoms with Crippen LogP contribution in [-0.4, -0.2) is 21.3 Å². The van der Waals surface area contributed by atoms with Gasteiger partial charge in [0.25, 0.3) is 5.88 Å². The first-order valence-electron chi connectivity index (χ1n) is 3.32. The highest BCUT2D eigenvalue weighted by Gasteiger charge is 2.08. The van der Waals surface area contributed by atoms with E-state index in [2.05, 4.69) is 15.2 Å². The van der Waals surface area contributed by atoms with Crippen LogP contribution in [-0.2, 0) is 0 Å². The lowest BCUT2D eigenvalue weighted by molar-refractivity contribution is 0.231. The Morgan fingerprint density at radius 2 is 1.92 bits per heavy atom. The number of ether oxygens (including phenoxy) is 1. The maximum atomic E-state index is 5.62. The Bertz CT molecular complexity index is 279. The summed E-state index contributed by atoms with van der Waals surface area (Å²) in [5.41, 5.74) is 0. The number of halogens is 2. The number of nitrogens with zero attached hydrogens (tertiary/aromatic N) is 3. The third-order valence-corrected chi connectivity index (χ3v) is 1.34. The van der Waals surface area contributed by atoms with Gasteiger partial charge in [0.2, 0.25) is 10.4 Å². The fraction of sp³-hybridized carbons (Fsp3) is 0.500. The molecule has 4 nitrogen and oxygen atoms in total. The van der Waals surface area contributed by atoms with Crippen LogP contribution in [0.4, 0.5) is 0 Å². The van der Waals surface area contributed by atoms with E-state index in [-0.39, 0.29) is 22.4 Å². The molecule has 6 heteroatoms. The summed E-state index contributed by atoms with van der Waals surface area (Å²) < 4.78 is 5.20. The summed E-state index contributed by atoms with van der Waals surface area (Å²) >= 11 is 11.1. The van der Waals surface area contributed by atoms with Gasteiger partial charge in [-0.3, -0.25) is 0 Å². The quantitative estimate of drug-likeness (QED) is 0.745. The van der Waals surface area contributed by atoms with Gasteiger partial charge in [0.15, 0.2) is 0 Å². The van der Waals surface area contributed by atoms with Crippen molar-refractivity contribution in [2.75, 3.05) is 0 Å². The van der Waals surface area contributed by atoms with E-state index in [9.17, 15) is 0 Å². The van der Waals surface area contributed by atoms with Crippen LogP contribution in [0.25, 0.3) is 0 Å². The van der Waals surface area contributed by atoms with E-state index in [1.54, 1.807) is 0 Å². The first-order chi connectivity index (χ1) is 5.59. The van der Waals surface area contributed by atoms with Crippen molar-refractivity contribution in [1.82, 2.24) is 15.2 Å². The van der Waals surface area contributed by atoms with Crippen molar-refractivity contribution in [1.29, 1.82) is 0 Å². The molecule has 0 aliphatic carbocycles. The first-order valence-corrected chi connectivity index (χ1v) is 4.07. The topological polar surface area (TPSA) is 47.9 Å². The summed E-state index contributed by atoms with van der Waals surface area (Å²) in [6.45, 7) is 3.71. The molecule has 0 radical (unpaired) electrons. The Morgan fingerprint density at radius 3 is 2.50 bits per heavy atom. The van der Waals surface area contributed by atoms with Crippen LogP contribution in [0.5, 0.6) is 5.88 Å². The smallest absolute Gasteiger partial charge is 0.257 e. The molecule has 0 unspecified atom stereocenters. The molecular weight excluding hydrogens is 201 g/mol. The second-order valence-electron chi connectivity index (χ2n) is 2.34. The van der Waals surface area contributed by atoms with E-state index in [1.807, 2.05) is 13.8 Å². The van der Waals surface area contributed by atoms with Crippen LogP contribution < -0.4 is 4.74 Å². The Morgan fingerprint density at radius 1 is 1.25 bits per heavy atom. The molecule has 0 spiro atoms. The Balaban J connectivity index is 2.90. The summed E-state index contributed by atoms with van der Waals surface area (Å²) in [7, 11) is 0. The minimum atomic E-state index is -0.0183. The SMILES string of the molecule is CC(C)Oc1nc(Cl)nnc1Cl. The van der Waals surface area contributed by atoms with Crippen LogP contribution in [0, 0.1) is 0 Å². The molecule has 0 N–H and O–H groups in total. The van der Waals surface area contributed by atoms with Crippen molar-refractivity contribution in [3.63, 3.8) is 0 Å². The molecule has 0 bridgehead atoms. The number of hydrogen-bond donors (Lipinski definition) is 0. The van der Waals surface area contributed by atoms with Crippen molar-refractivity contribution in [2.24, 2.45) is 0 Å². The van der Waals surface area contributed by atoms with E-state index in [0.29, 0.717) is 0 Å². The van der Waals surface area contributed by atoms with Crippen molar-refractivity contribution >= 4 is 23.2 Å². The van der Waals surface area contributed by atoms with Crippen LogP contribution in [0.15, 0.2) is 0 Å². The van der Waals surface area contributed by atoms with E-state index < -0.39 is 0 Å². The van der Waals surface area contributed by atoms with Gasteiger partial charge < -0.3 is 4.74 Å². The molecule has 1 aromatic heterocycles. The summed E-state index contributed by atoms with van der Waals surface area (Å²) in [6.07, 6.45) is -0.0183. The lowest BCUT2D eigenvalue weighted by Crippen LogP contribution is -2.08. The predicted molar refractivity (Wildman–Crippen MR) is 45.6 cm³/mol. The average molecular weight is 208 g/mol. The highest BCUT2D eigenvalue weighted by molar-refractivity contribution is 6.31. The molecule has 0 aromatic carbocycles. The molecule has 1 heterocycles. The second-order valence-corrected chi connectivity index (χ2v) is 3.04. The molecule has 66 valence electrons. The van der Waals surface area contributed by atoms with Gasteiger partial charge in [-0.15, -0.1) is 10.2 Å². The zero-order valence-corrected chi connectivity index (χ0v) is 8.10. The predicted octanol–water partition coefficient (Wildman–Crippen LogP) is 1.97.